The summed E-state index contributed by atoms with van der Waals surface area (Å²) in [6.45, 7) is 5.24. The Labute approximate surface area is 171 Å². The Morgan fingerprint density at radius 1 is 1.29 bits per heavy atom. The third kappa shape index (κ3) is 3.11. The van der Waals surface area contributed by atoms with E-state index in [1.54, 1.807) is 23.1 Å². The molecule has 3 aromatic rings. The van der Waals surface area contributed by atoms with Crippen LogP contribution in [0.1, 0.15) is 46.7 Å². The molecule has 0 N–H and O–H groups in total. The molecule has 148 valence electrons. The van der Waals surface area contributed by atoms with Crippen LogP contribution in [-0.2, 0) is 29.9 Å². The molecule has 4 heterocycles. The molecule has 0 aromatic carbocycles. The lowest BCUT2D eigenvalue weighted by atomic mass is 10.2. The lowest BCUT2D eigenvalue weighted by Gasteiger charge is -2.16. The van der Waals surface area contributed by atoms with Gasteiger partial charge in [0.15, 0.2) is 5.16 Å². The van der Waals surface area contributed by atoms with E-state index in [-0.39, 0.29) is 11.7 Å². The summed E-state index contributed by atoms with van der Waals surface area (Å²) < 4.78 is 13.0. The SMILES string of the molecule is Cc1noc(C)c1CSc1nc2sc3c(c2c(=O)n1C[C@@H]1CCCO1)CCC3. The summed E-state index contributed by atoms with van der Waals surface area (Å²) in [5, 5.41) is 5.66. The lowest BCUT2D eigenvalue weighted by Crippen LogP contribution is -2.28. The molecule has 6 nitrogen and oxygen atoms in total. The van der Waals surface area contributed by atoms with Crippen molar-refractivity contribution in [2.24, 2.45) is 0 Å². The highest BCUT2D eigenvalue weighted by atomic mass is 32.2. The second-order valence-corrected chi connectivity index (χ2v) is 9.60. The third-order valence-electron chi connectivity index (χ3n) is 5.73. The predicted molar refractivity (Wildman–Crippen MR) is 110 cm³/mol. The standard InChI is InChI=1S/C20H23N3O3S2/c1-11-15(12(2)26-22-11)10-27-20-21-18-17(14-6-3-7-16(14)28-18)19(24)23(20)9-13-5-4-8-25-13/h13H,3-10H2,1-2H3/t13-/m0/s1. The molecule has 0 amide bonds. The quantitative estimate of drug-likeness (QED) is 0.461. The molecular weight excluding hydrogens is 394 g/mol. The van der Waals surface area contributed by atoms with E-state index in [0.717, 1.165) is 71.1 Å². The number of aryl methyl sites for hydroxylation is 4. The van der Waals surface area contributed by atoms with Crippen LogP contribution in [0, 0.1) is 13.8 Å². The van der Waals surface area contributed by atoms with Crippen LogP contribution < -0.4 is 5.56 Å². The minimum absolute atomic E-state index is 0.0983. The molecule has 3 aromatic heterocycles. The summed E-state index contributed by atoms with van der Waals surface area (Å²) in [4.78, 5) is 20.7. The molecule has 1 saturated heterocycles. The van der Waals surface area contributed by atoms with E-state index in [4.69, 9.17) is 14.2 Å². The van der Waals surface area contributed by atoms with E-state index in [1.807, 2.05) is 18.4 Å². The molecule has 28 heavy (non-hydrogen) atoms. The highest BCUT2D eigenvalue weighted by Gasteiger charge is 2.25. The average molecular weight is 418 g/mol. The van der Waals surface area contributed by atoms with Gasteiger partial charge in [-0.25, -0.2) is 4.98 Å². The number of hydrogen-bond acceptors (Lipinski definition) is 7. The van der Waals surface area contributed by atoms with Crippen molar-refractivity contribution in [1.82, 2.24) is 14.7 Å². The van der Waals surface area contributed by atoms with Crippen molar-refractivity contribution in [3.05, 3.63) is 37.8 Å². The molecule has 8 heteroatoms. The van der Waals surface area contributed by atoms with E-state index in [9.17, 15) is 4.79 Å². The van der Waals surface area contributed by atoms with Gasteiger partial charge in [0.25, 0.3) is 5.56 Å². The summed E-state index contributed by atoms with van der Waals surface area (Å²) in [5.74, 6) is 1.52. The zero-order valence-electron chi connectivity index (χ0n) is 16.1. The fourth-order valence-electron chi connectivity index (χ4n) is 4.17. The number of nitrogens with zero attached hydrogens (tertiary/aromatic N) is 3. The minimum atomic E-state index is 0.0983. The fourth-order valence-corrected chi connectivity index (χ4v) is 6.63. The van der Waals surface area contributed by atoms with Crippen LogP contribution in [-0.4, -0.2) is 27.4 Å². The molecule has 1 aliphatic carbocycles. The molecule has 0 unspecified atom stereocenters. The number of rotatable bonds is 5. The lowest BCUT2D eigenvalue weighted by molar-refractivity contribution is 0.0937. The first-order valence-corrected chi connectivity index (χ1v) is 11.6. The van der Waals surface area contributed by atoms with Gasteiger partial charge in [0.2, 0.25) is 0 Å². The fraction of sp³-hybridized carbons (Fsp3) is 0.550. The van der Waals surface area contributed by atoms with Crippen molar-refractivity contribution < 1.29 is 9.26 Å². The Morgan fingerprint density at radius 2 is 2.18 bits per heavy atom. The summed E-state index contributed by atoms with van der Waals surface area (Å²) >= 11 is 3.29. The molecule has 0 bridgehead atoms. The maximum atomic E-state index is 13.5. The van der Waals surface area contributed by atoms with Crippen LogP contribution in [0.4, 0.5) is 0 Å². The Hall–Kier alpha value is -1.64. The highest BCUT2D eigenvalue weighted by Crippen LogP contribution is 2.36. The van der Waals surface area contributed by atoms with Gasteiger partial charge in [-0.1, -0.05) is 16.9 Å². The van der Waals surface area contributed by atoms with Crippen LogP contribution >= 0.6 is 23.1 Å². The first-order valence-electron chi connectivity index (χ1n) is 9.83. The zero-order valence-corrected chi connectivity index (χ0v) is 17.8. The molecule has 1 fully saturated rings. The van der Waals surface area contributed by atoms with Gasteiger partial charge in [-0.15, -0.1) is 11.3 Å². The Morgan fingerprint density at radius 3 is 2.93 bits per heavy atom. The van der Waals surface area contributed by atoms with Crippen LogP contribution in [0.3, 0.4) is 0 Å². The van der Waals surface area contributed by atoms with E-state index in [0.29, 0.717) is 12.3 Å². The van der Waals surface area contributed by atoms with Crippen LogP contribution in [0.2, 0.25) is 0 Å². The van der Waals surface area contributed by atoms with Crippen LogP contribution in [0.25, 0.3) is 10.2 Å². The number of thioether (sulfide) groups is 1. The van der Waals surface area contributed by atoms with Crippen molar-refractivity contribution in [2.75, 3.05) is 6.61 Å². The molecule has 1 atom stereocenters. The highest BCUT2D eigenvalue weighted by molar-refractivity contribution is 7.98. The van der Waals surface area contributed by atoms with Crippen LogP contribution in [0.15, 0.2) is 14.5 Å². The number of fused-ring (bicyclic) bond motifs is 3. The third-order valence-corrected chi connectivity index (χ3v) is 7.92. The monoisotopic (exact) mass is 417 g/mol. The zero-order chi connectivity index (χ0) is 19.3. The summed E-state index contributed by atoms with van der Waals surface area (Å²) in [6, 6.07) is 0. The summed E-state index contributed by atoms with van der Waals surface area (Å²) in [5.41, 5.74) is 3.31. The first-order chi connectivity index (χ1) is 13.6. The number of hydrogen-bond donors (Lipinski definition) is 0. The van der Waals surface area contributed by atoms with Gasteiger partial charge < -0.3 is 9.26 Å². The average Bonchev–Trinajstić information content (AvgIpc) is 3.43. The van der Waals surface area contributed by atoms with Crippen molar-refractivity contribution in [2.45, 2.75) is 69.5 Å². The second kappa shape index (κ2) is 7.31. The number of aromatic nitrogens is 3. The first kappa shape index (κ1) is 18.4. The van der Waals surface area contributed by atoms with E-state index < -0.39 is 0 Å². The maximum absolute atomic E-state index is 13.5. The smallest absolute Gasteiger partial charge is 0.263 e. The summed E-state index contributed by atoms with van der Waals surface area (Å²) in [6.07, 6.45) is 5.37. The molecule has 2 aliphatic rings. The number of thiophene rings is 1. The molecule has 0 radical (unpaired) electrons. The van der Waals surface area contributed by atoms with Gasteiger partial charge in [-0.05, 0) is 51.5 Å². The van der Waals surface area contributed by atoms with Crippen LogP contribution in [0.5, 0.6) is 0 Å². The molecule has 1 aliphatic heterocycles. The van der Waals surface area contributed by atoms with Gasteiger partial charge >= 0.3 is 0 Å². The van der Waals surface area contributed by atoms with E-state index >= 15 is 0 Å². The summed E-state index contributed by atoms with van der Waals surface area (Å²) in [7, 11) is 0. The van der Waals surface area contributed by atoms with E-state index in [1.165, 1.54) is 10.4 Å². The Balaban J connectivity index is 1.56. The van der Waals surface area contributed by atoms with Crippen molar-refractivity contribution >= 4 is 33.3 Å². The molecule has 0 spiro atoms. The normalized spacial score (nSPS) is 19.0. The van der Waals surface area contributed by atoms with Crippen molar-refractivity contribution in [3.8, 4) is 0 Å². The molecular formula is C20H23N3O3S2. The molecule has 0 saturated carbocycles. The van der Waals surface area contributed by atoms with Crippen molar-refractivity contribution in [3.63, 3.8) is 0 Å². The van der Waals surface area contributed by atoms with Gasteiger partial charge in [0.1, 0.15) is 10.6 Å². The van der Waals surface area contributed by atoms with Gasteiger partial charge in [0, 0.05) is 22.8 Å². The number of ether oxygens (including phenoxy) is 1. The van der Waals surface area contributed by atoms with Gasteiger partial charge in [-0.2, -0.15) is 0 Å². The van der Waals surface area contributed by atoms with E-state index in [2.05, 4.69) is 5.16 Å². The minimum Gasteiger partial charge on any atom is -0.376 e. The van der Waals surface area contributed by atoms with Gasteiger partial charge in [-0.3, -0.25) is 9.36 Å². The topological polar surface area (TPSA) is 70.2 Å². The largest absolute Gasteiger partial charge is 0.376 e. The van der Waals surface area contributed by atoms with Crippen molar-refractivity contribution in [1.29, 1.82) is 0 Å². The Kier molecular flexibility index (Phi) is 4.80. The predicted octanol–water partition coefficient (Wildman–Crippen LogP) is 4.02. The van der Waals surface area contributed by atoms with Gasteiger partial charge in [0.05, 0.1) is 23.7 Å². The second-order valence-electron chi connectivity index (χ2n) is 7.57. The molecule has 5 rings (SSSR count). The maximum Gasteiger partial charge on any atom is 0.263 e. The Bertz CT molecular complexity index is 1070.